The van der Waals surface area contributed by atoms with Crippen molar-refractivity contribution in [1.82, 2.24) is 4.90 Å². The van der Waals surface area contributed by atoms with Crippen molar-refractivity contribution in [3.63, 3.8) is 0 Å². The number of aromatic hydroxyl groups is 2. The third-order valence-electron chi connectivity index (χ3n) is 11.5. The summed E-state index contributed by atoms with van der Waals surface area (Å²) in [6, 6.07) is 7.76. The summed E-state index contributed by atoms with van der Waals surface area (Å²) in [5.74, 6) is 0.395. The van der Waals surface area contributed by atoms with Crippen molar-refractivity contribution in [2.45, 2.75) is 216 Å². The molecule has 3 rings (SSSR count). The Labute approximate surface area is 355 Å². The smallest absolute Gasteiger partial charge is 0.309 e. The van der Waals surface area contributed by atoms with Gasteiger partial charge in [0.25, 0.3) is 0 Å². The van der Waals surface area contributed by atoms with Crippen molar-refractivity contribution in [3.8, 4) is 11.5 Å². The highest BCUT2D eigenvalue weighted by Crippen LogP contribution is 2.46. The maximum atomic E-state index is 13.6. The Balaban J connectivity index is 0.000000631. The van der Waals surface area contributed by atoms with E-state index >= 15 is 0 Å². The maximum absolute atomic E-state index is 13.6. The number of unbranched alkanes of at least 4 members (excludes halogenated alkanes) is 1. The summed E-state index contributed by atoms with van der Waals surface area (Å²) in [4.78, 5) is 27.9. The van der Waals surface area contributed by atoms with E-state index in [1.54, 1.807) is 19.1 Å². The summed E-state index contributed by atoms with van der Waals surface area (Å²) in [5.41, 5.74) is 4.18. The van der Waals surface area contributed by atoms with Crippen LogP contribution in [0.5, 0.6) is 11.5 Å². The predicted octanol–water partition coefficient (Wildman–Crippen LogP) is 12.2. The first-order valence-corrected chi connectivity index (χ1v) is 22.9. The van der Waals surface area contributed by atoms with E-state index in [9.17, 15) is 24.5 Å². The van der Waals surface area contributed by atoms with Gasteiger partial charge >= 0.3 is 5.97 Å². The van der Waals surface area contributed by atoms with Gasteiger partial charge in [-0.15, -0.1) is 0 Å². The van der Waals surface area contributed by atoms with E-state index in [-0.39, 0.29) is 76.7 Å². The molecule has 1 saturated heterocycles. The molecule has 0 aliphatic carbocycles. The zero-order chi connectivity index (χ0) is 44.3. The van der Waals surface area contributed by atoms with Gasteiger partial charge < -0.3 is 28.9 Å². The number of phenols is 2. The number of rotatable bonds is 11. The van der Waals surface area contributed by atoms with E-state index in [2.05, 4.69) is 100 Å². The molecule has 0 amide bonds. The lowest BCUT2D eigenvalue weighted by molar-refractivity contribution is -0.198. The Bertz CT molecular complexity index is 1630. The topological polar surface area (TPSA) is 119 Å². The first kappa shape index (κ1) is 53.6. The molecule has 1 aliphatic rings. The molecule has 0 radical (unpaired) electrons. The van der Waals surface area contributed by atoms with Gasteiger partial charge in [0.05, 0.1) is 12.5 Å². The van der Waals surface area contributed by atoms with Crippen LogP contribution in [0.25, 0.3) is 0 Å². The molecule has 2 unspecified atom stereocenters. The van der Waals surface area contributed by atoms with Crippen molar-refractivity contribution >= 4 is 13.6 Å². The Morgan fingerprint density at radius 3 is 1.47 bits per heavy atom. The summed E-state index contributed by atoms with van der Waals surface area (Å²) in [6.07, 6.45) is 4.99. The third-order valence-corrected chi connectivity index (χ3v) is 13.0. The number of ether oxygens (including phenoxy) is 1. The lowest BCUT2D eigenvalue weighted by Crippen LogP contribution is -2.60. The maximum Gasteiger partial charge on any atom is 0.309 e. The molecule has 58 heavy (non-hydrogen) atoms. The second-order valence-corrected chi connectivity index (χ2v) is 23.8. The number of nitrogens with zero attached hydrogens (tertiary/aromatic N) is 1. The first-order chi connectivity index (χ1) is 25.6. The van der Waals surface area contributed by atoms with Crippen LogP contribution in [0.1, 0.15) is 198 Å². The molecule has 2 N–H and O–H groups in total. The largest absolute Gasteiger partial charge is 0.778 e. The molecule has 0 bridgehead atoms. The minimum Gasteiger partial charge on any atom is -0.778 e. The molecular formula is C49H85NO7P-. The Morgan fingerprint density at radius 1 is 0.776 bits per heavy atom. The van der Waals surface area contributed by atoms with Crippen molar-refractivity contribution < 1.29 is 33.7 Å². The van der Waals surface area contributed by atoms with Gasteiger partial charge in [0.1, 0.15) is 25.2 Å². The zero-order valence-electron chi connectivity index (χ0n) is 39.5. The van der Waals surface area contributed by atoms with Crippen LogP contribution in [-0.2, 0) is 52.9 Å². The van der Waals surface area contributed by atoms with Gasteiger partial charge in [0.15, 0.2) is 0 Å². The number of hydrogen-bond donors (Lipinski definition) is 2. The molecule has 1 fully saturated rings. The van der Waals surface area contributed by atoms with Crippen LogP contribution < -0.4 is 4.89 Å². The second-order valence-electron chi connectivity index (χ2n) is 22.0. The van der Waals surface area contributed by atoms with Crippen LogP contribution in [0.2, 0.25) is 0 Å². The number of carbonyl (C=O) groups excluding carboxylic acids is 1. The number of hydrogen-bond acceptors (Lipinski definition) is 8. The molecule has 9 heteroatoms. The molecule has 2 atom stereocenters. The summed E-state index contributed by atoms with van der Waals surface area (Å²) in [7, 11) is -1.73. The lowest BCUT2D eigenvalue weighted by atomic mass is 9.77. The molecule has 0 saturated carbocycles. The summed E-state index contributed by atoms with van der Waals surface area (Å²) < 4.78 is 23.0. The summed E-state index contributed by atoms with van der Waals surface area (Å²) >= 11 is 0. The van der Waals surface area contributed by atoms with Gasteiger partial charge in [-0.3, -0.25) is 9.69 Å². The molecule has 0 aromatic heterocycles. The van der Waals surface area contributed by atoms with E-state index in [1.165, 1.54) is 0 Å². The van der Waals surface area contributed by atoms with Gasteiger partial charge in [-0.05, 0) is 110 Å². The highest BCUT2D eigenvalue weighted by Gasteiger charge is 2.45. The van der Waals surface area contributed by atoms with Crippen LogP contribution in [0.15, 0.2) is 24.3 Å². The number of esters is 1. The van der Waals surface area contributed by atoms with E-state index in [0.29, 0.717) is 17.7 Å². The SMILES string of the molecule is C.CCCCC(Cc1cc(C(C)(C)C)c(O)c(C(C)(C)C)c1)C(=O)OC1CC(C)(C)N(C)C(C)(C)C1.CCOP(=O)([O-])Cc1cc(C(C)(C)C)c(O)c(C(C)(C)C)c1. The van der Waals surface area contributed by atoms with Crippen molar-refractivity contribution in [3.05, 3.63) is 57.6 Å². The lowest BCUT2D eigenvalue weighted by Gasteiger charge is -2.53. The molecule has 8 nitrogen and oxygen atoms in total. The first-order valence-electron chi connectivity index (χ1n) is 21.2. The van der Waals surface area contributed by atoms with Gasteiger partial charge in [0.2, 0.25) is 0 Å². The molecule has 334 valence electrons. The van der Waals surface area contributed by atoms with Crippen molar-refractivity contribution in [2.24, 2.45) is 5.92 Å². The molecule has 2 aromatic carbocycles. The quantitative estimate of drug-likeness (QED) is 0.170. The number of benzene rings is 2. The molecule has 1 aliphatic heterocycles. The zero-order valence-corrected chi connectivity index (χ0v) is 40.3. The van der Waals surface area contributed by atoms with E-state index < -0.39 is 7.60 Å². The monoisotopic (exact) mass is 831 g/mol. The van der Waals surface area contributed by atoms with E-state index in [0.717, 1.165) is 59.9 Å². The molecule has 2 aromatic rings. The molecular weight excluding hydrogens is 746 g/mol. The van der Waals surface area contributed by atoms with Gasteiger partial charge in [-0.2, -0.15) is 0 Å². The summed E-state index contributed by atoms with van der Waals surface area (Å²) in [5, 5.41) is 21.7. The third kappa shape index (κ3) is 14.7. The van der Waals surface area contributed by atoms with Crippen LogP contribution >= 0.6 is 7.60 Å². The number of carbonyl (C=O) groups is 1. The minimum absolute atomic E-state index is 0. The molecule has 1 heterocycles. The van der Waals surface area contributed by atoms with E-state index in [1.807, 2.05) is 41.5 Å². The number of phenolic OH excluding ortho intramolecular Hbond substituents is 2. The number of likely N-dealkylation sites (tertiary alicyclic amines) is 1. The number of piperidine rings is 1. The van der Waals surface area contributed by atoms with Gasteiger partial charge in [-0.25, -0.2) is 0 Å². The second kappa shape index (κ2) is 19.6. The highest BCUT2D eigenvalue weighted by molar-refractivity contribution is 7.50. The fourth-order valence-electron chi connectivity index (χ4n) is 8.01. The van der Waals surface area contributed by atoms with Crippen LogP contribution in [0, 0.1) is 5.92 Å². The Morgan fingerprint density at radius 2 is 1.14 bits per heavy atom. The van der Waals surface area contributed by atoms with Gasteiger partial charge in [-0.1, -0.05) is 135 Å². The average Bonchev–Trinajstić information content (AvgIpc) is 3.00. The highest BCUT2D eigenvalue weighted by atomic mass is 31.2. The molecule has 0 spiro atoms. The van der Waals surface area contributed by atoms with Gasteiger partial charge in [0, 0.05) is 30.1 Å². The Kier molecular flexibility index (Phi) is 18.1. The summed E-state index contributed by atoms with van der Waals surface area (Å²) in [6.45, 7) is 37.7. The van der Waals surface area contributed by atoms with E-state index in [4.69, 9.17) is 9.26 Å². The predicted molar refractivity (Wildman–Crippen MR) is 242 cm³/mol. The Hall–Kier alpha value is -2.38. The standard InChI is InChI=1S/C31H53NO3.C17H29O4P.CH4/c1-13-14-15-22(27(34)35-23-19-30(8,9)32(12)31(10,11)20-23)16-21-17-24(28(2,3)4)26(33)25(18-21)29(5,6)7;1-8-21-22(19,20)11-12-9-13(16(2,3)4)15(18)14(10-12)17(5,6)7;/h17-18,22-23,33H,13-16,19-20H2,1-12H3;9-10,18H,8,11H2,1-7H3,(H,19,20);1H4/p-1. The fraction of sp³-hybridized carbons (Fsp3) is 0.735. The van der Waals surface area contributed by atoms with Crippen molar-refractivity contribution in [1.29, 1.82) is 0 Å². The normalized spacial score (nSPS) is 18.0. The van der Waals surface area contributed by atoms with Crippen LogP contribution in [0.3, 0.4) is 0 Å². The average molecular weight is 831 g/mol. The fourth-order valence-corrected chi connectivity index (χ4v) is 9.13. The minimum atomic E-state index is -3.91. The van der Waals surface area contributed by atoms with Crippen LogP contribution in [-0.4, -0.2) is 51.9 Å². The van der Waals surface area contributed by atoms with Crippen molar-refractivity contribution in [2.75, 3.05) is 13.7 Å². The van der Waals surface area contributed by atoms with Crippen LogP contribution in [0.4, 0.5) is 0 Å².